The quantitative estimate of drug-likeness (QED) is 0.480. The second-order valence-corrected chi connectivity index (χ2v) is 7.08. The van der Waals surface area contributed by atoms with E-state index in [1.54, 1.807) is 41.0 Å². The minimum Gasteiger partial charge on any atom is -0.325 e. The van der Waals surface area contributed by atoms with Gasteiger partial charge in [-0.2, -0.15) is 0 Å². The summed E-state index contributed by atoms with van der Waals surface area (Å²) in [7, 11) is 0. The Morgan fingerprint density at radius 1 is 0.889 bits per heavy atom. The van der Waals surface area contributed by atoms with Crippen molar-refractivity contribution in [2.75, 3.05) is 5.32 Å². The Bertz CT molecular complexity index is 1180. The number of hydrogen-bond donors (Lipinski definition) is 1. The van der Waals surface area contributed by atoms with Gasteiger partial charge in [0.25, 0.3) is 5.56 Å². The highest BCUT2D eigenvalue weighted by Crippen LogP contribution is 2.22. The molecule has 134 valence electrons. The van der Waals surface area contributed by atoms with E-state index >= 15 is 0 Å². The number of benzene rings is 3. The molecule has 4 nitrogen and oxygen atoms in total. The van der Waals surface area contributed by atoms with E-state index in [4.69, 9.17) is 23.2 Å². The zero-order valence-electron chi connectivity index (χ0n) is 14.4. The molecule has 0 aliphatic heterocycles. The van der Waals surface area contributed by atoms with Gasteiger partial charge >= 0.3 is 0 Å². The molecule has 0 saturated carbocycles. The second-order valence-electron chi connectivity index (χ2n) is 6.20. The molecule has 3 aromatic carbocycles. The van der Waals surface area contributed by atoms with Crippen molar-refractivity contribution < 1.29 is 0 Å². The van der Waals surface area contributed by atoms with E-state index in [-0.39, 0.29) is 5.56 Å². The van der Waals surface area contributed by atoms with Crippen molar-refractivity contribution in [2.24, 2.45) is 0 Å². The smallest absolute Gasteiger partial charge is 0.267 e. The van der Waals surface area contributed by atoms with Crippen LogP contribution in [0.15, 0.2) is 71.5 Å². The van der Waals surface area contributed by atoms with Crippen LogP contribution in [-0.4, -0.2) is 9.55 Å². The van der Waals surface area contributed by atoms with Crippen LogP contribution in [0, 0.1) is 6.92 Å². The third-order valence-corrected chi connectivity index (χ3v) is 4.71. The first-order valence-electron chi connectivity index (χ1n) is 8.33. The lowest BCUT2D eigenvalue weighted by atomic mass is 10.1. The molecule has 0 radical (unpaired) electrons. The maximum atomic E-state index is 13.3. The minimum absolute atomic E-state index is 0.150. The van der Waals surface area contributed by atoms with Gasteiger partial charge in [0, 0.05) is 15.7 Å². The standard InChI is InChI=1S/C21H15Cl2N3O/c1-13-2-11-19-18(12-13)20(27)26(17-9-5-15(23)6-10-17)21(25-19)24-16-7-3-14(22)4-8-16/h2-12H,1H3,(H,24,25). The summed E-state index contributed by atoms with van der Waals surface area (Å²) in [5.74, 6) is 0.418. The summed E-state index contributed by atoms with van der Waals surface area (Å²) in [6, 6.07) is 19.9. The Labute approximate surface area is 166 Å². The van der Waals surface area contributed by atoms with E-state index in [1.807, 2.05) is 37.3 Å². The van der Waals surface area contributed by atoms with Gasteiger partial charge in [-0.15, -0.1) is 0 Å². The zero-order chi connectivity index (χ0) is 19.0. The summed E-state index contributed by atoms with van der Waals surface area (Å²) in [5.41, 5.74) is 2.94. The average molecular weight is 396 g/mol. The Hall–Kier alpha value is -2.82. The molecular weight excluding hydrogens is 381 g/mol. The monoisotopic (exact) mass is 395 g/mol. The number of aromatic nitrogens is 2. The molecular formula is C21H15Cl2N3O. The number of rotatable bonds is 3. The average Bonchev–Trinajstić information content (AvgIpc) is 2.66. The van der Waals surface area contributed by atoms with Crippen molar-refractivity contribution in [1.82, 2.24) is 9.55 Å². The van der Waals surface area contributed by atoms with Crippen LogP contribution in [0.5, 0.6) is 0 Å². The van der Waals surface area contributed by atoms with E-state index in [1.165, 1.54) is 0 Å². The highest BCUT2D eigenvalue weighted by molar-refractivity contribution is 6.30. The van der Waals surface area contributed by atoms with Crippen molar-refractivity contribution >= 4 is 45.7 Å². The van der Waals surface area contributed by atoms with Gasteiger partial charge in [-0.1, -0.05) is 34.8 Å². The van der Waals surface area contributed by atoms with Crippen LogP contribution in [0.3, 0.4) is 0 Å². The van der Waals surface area contributed by atoms with Crippen LogP contribution in [0.25, 0.3) is 16.6 Å². The third kappa shape index (κ3) is 3.54. The van der Waals surface area contributed by atoms with Crippen molar-refractivity contribution in [3.63, 3.8) is 0 Å². The minimum atomic E-state index is -0.150. The number of aryl methyl sites for hydroxylation is 1. The molecule has 1 heterocycles. The lowest BCUT2D eigenvalue weighted by molar-refractivity contribution is 0.974. The molecule has 1 N–H and O–H groups in total. The lowest BCUT2D eigenvalue weighted by Crippen LogP contribution is -2.22. The van der Waals surface area contributed by atoms with E-state index in [0.29, 0.717) is 32.6 Å². The van der Waals surface area contributed by atoms with Crippen molar-refractivity contribution in [3.8, 4) is 5.69 Å². The fourth-order valence-corrected chi connectivity index (χ4v) is 3.13. The number of halogens is 2. The van der Waals surface area contributed by atoms with Crippen molar-refractivity contribution in [2.45, 2.75) is 6.92 Å². The van der Waals surface area contributed by atoms with Crippen LogP contribution >= 0.6 is 23.2 Å². The van der Waals surface area contributed by atoms with E-state index in [0.717, 1.165) is 11.3 Å². The van der Waals surface area contributed by atoms with Crippen LogP contribution in [-0.2, 0) is 0 Å². The molecule has 0 fully saturated rings. The highest BCUT2D eigenvalue weighted by Gasteiger charge is 2.13. The van der Waals surface area contributed by atoms with E-state index < -0.39 is 0 Å². The Kier molecular flexibility index (Phi) is 4.60. The van der Waals surface area contributed by atoms with Gasteiger partial charge in [-0.25, -0.2) is 9.55 Å². The highest BCUT2D eigenvalue weighted by atomic mass is 35.5. The molecule has 6 heteroatoms. The number of anilines is 2. The van der Waals surface area contributed by atoms with Gasteiger partial charge < -0.3 is 5.32 Å². The van der Waals surface area contributed by atoms with Crippen LogP contribution in [0.1, 0.15) is 5.56 Å². The fourth-order valence-electron chi connectivity index (χ4n) is 2.88. The molecule has 0 spiro atoms. The topological polar surface area (TPSA) is 46.9 Å². The maximum absolute atomic E-state index is 13.3. The summed E-state index contributed by atoms with van der Waals surface area (Å²) in [6.07, 6.45) is 0. The number of hydrogen-bond acceptors (Lipinski definition) is 3. The molecule has 0 aliphatic carbocycles. The van der Waals surface area contributed by atoms with Gasteiger partial charge in [-0.3, -0.25) is 4.79 Å². The molecule has 4 rings (SSSR count). The van der Waals surface area contributed by atoms with Crippen LogP contribution < -0.4 is 10.9 Å². The summed E-state index contributed by atoms with van der Waals surface area (Å²) >= 11 is 12.0. The first-order valence-corrected chi connectivity index (χ1v) is 9.09. The molecule has 0 unspecified atom stereocenters. The maximum Gasteiger partial charge on any atom is 0.267 e. The van der Waals surface area contributed by atoms with E-state index in [9.17, 15) is 4.79 Å². The van der Waals surface area contributed by atoms with Crippen LogP contribution in [0.2, 0.25) is 10.0 Å². The van der Waals surface area contributed by atoms with Crippen molar-refractivity contribution in [1.29, 1.82) is 0 Å². The first-order chi connectivity index (χ1) is 13.0. The molecule has 0 bridgehead atoms. The molecule has 1 aromatic heterocycles. The molecule has 0 atom stereocenters. The summed E-state index contributed by atoms with van der Waals surface area (Å²) < 4.78 is 1.55. The fraction of sp³-hybridized carbons (Fsp3) is 0.0476. The number of fused-ring (bicyclic) bond motifs is 1. The normalized spacial score (nSPS) is 10.9. The number of nitrogens with zero attached hydrogens (tertiary/aromatic N) is 2. The lowest BCUT2D eigenvalue weighted by Gasteiger charge is -2.15. The van der Waals surface area contributed by atoms with Crippen molar-refractivity contribution in [3.05, 3.63) is 92.7 Å². The first kappa shape index (κ1) is 17.6. The predicted molar refractivity (Wildman–Crippen MR) is 112 cm³/mol. The predicted octanol–water partition coefficient (Wildman–Crippen LogP) is 5.74. The Morgan fingerprint density at radius 3 is 2.19 bits per heavy atom. The molecule has 4 aromatic rings. The van der Waals surface area contributed by atoms with Gasteiger partial charge in [0.05, 0.1) is 16.6 Å². The second kappa shape index (κ2) is 7.06. The number of nitrogens with one attached hydrogen (secondary N) is 1. The third-order valence-electron chi connectivity index (χ3n) is 4.21. The summed E-state index contributed by atoms with van der Waals surface area (Å²) in [6.45, 7) is 1.95. The SMILES string of the molecule is Cc1ccc2nc(Nc3ccc(Cl)cc3)n(-c3ccc(Cl)cc3)c(=O)c2c1. The Balaban J connectivity index is 1.96. The van der Waals surface area contributed by atoms with Gasteiger partial charge in [-0.05, 0) is 67.6 Å². The molecule has 0 saturated heterocycles. The van der Waals surface area contributed by atoms with E-state index in [2.05, 4.69) is 10.3 Å². The van der Waals surface area contributed by atoms with Gasteiger partial charge in [0.1, 0.15) is 0 Å². The largest absolute Gasteiger partial charge is 0.325 e. The molecule has 0 aliphatic rings. The molecule has 0 amide bonds. The van der Waals surface area contributed by atoms with Crippen LogP contribution in [0.4, 0.5) is 11.6 Å². The summed E-state index contributed by atoms with van der Waals surface area (Å²) in [4.78, 5) is 17.9. The van der Waals surface area contributed by atoms with Gasteiger partial charge in [0.2, 0.25) is 5.95 Å². The van der Waals surface area contributed by atoms with Gasteiger partial charge in [0.15, 0.2) is 0 Å². The Morgan fingerprint density at radius 2 is 1.52 bits per heavy atom. The molecule has 27 heavy (non-hydrogen) atoms. The summed E-state index contributed by atoms with van der Waals surface area (Å²) in [5, 5.41) is 5.02. The zero-order valence-corrected chi connectivity index (χ0v) is 15.9.